The Morgan fingerprint density at radius 3 is 2.32 bits per heavy atom. The maximum atomic E-state index is 12.2. The minimum atomic E-state index is -1.71. The molecule has 1 aliphatic carbocycles. The molecule has 1 aromatic heterocycles. The number of carboxylic acid groups (broad SMARTS) is 1. The average molecular weight is 465 g/mol. The summed E-state index contributed by atoms with van der Waals surface area (Å²) in [7, 11) is 0. The monoisotopic (exact) mass is 465 g/mol. The van der Waals surface area contributed by atoms with Crippen LogP contribution in [0.25, 0.3) is 11.1 Å². The molecule has 0 unspecified atom stereocenters. The Kier molecular flexibility index (Phi) is 6.83. The lowest BCUT2D eigenvalue weighted by atomic mass is 9.98. The molecule has 1 heterocycles. The number of nitrogens with one attached hydrogen (secondary N) is 2. The van der Waals surface area contributed by atoms with E-state index in [0.29, 0.717) is 0 Å². The van der Waals surface area contributed by atoms with E-state index in [1.54, 1.807) is 0 Å². The molecule has 11 nitrogen and oxygen atoms in total. The van der Waals surface area contributed by atoms with Crippen LogP contribution in [0, 0.1) is 0 Å². The first-order valence-corrected chi connectivity index (χ1v) is 10.6. The molecule has 34 heavy (non-hydrogen) atoms. The molecule has 0 aliphatic heterocycles. The summed E-state index contributed by atoms with van der Waals surface area (Å²) < 4.78 is 6.82. The zero-order chi connectivity index (χ0) is 24.1. The molecule has 2 aromatic carbocycles. The predicted octanol–water partition coefficient (Wildman–Crippen LogP) is 0.992. The number of fused-ring (bicyclic) bond motifs is 3. The summed E-state index contributed by atoms with van der Waals surface area (Å²) in [6, 6.07) is 16.1. The van der Waals surface area contributed by atoms with Crippen LogP contribution in [0.5, 0.6) is 0 Å². The van der Waals surface area contributed by atoms with Gasteiger partial charge in [-0.2, -0.15) is 0 Å². The van der Waals surface area contributed by atoms with Gasteiger partial charge in [0.05, 0.1) is 19.3 Å². The highest BCUT2D eigenvalue weighted by molar-refractivity contribution is 5.92. The van der Waals surface area contributed by atoms with Gasteiger partial charge in [0.1, 0.15) is 6.61 Å². The van der Waals surface area contributed by atoms with Crippen LogP contribution >= 0.6 is 0 Å². The van der Waals surface area contributed by atoms with Crippen molar-refractivity contribution in [1.82, 2.24) is 25.6 Å². The van der Waals surface area contributed by atoms with E-state index in [1.807, 2.05) is 36.4 Å². The van der Waals surface area contributed by atoms with Crippen molar-refractivity contribution in [2.75, 3.05) is 19.7 Å². The second-order valence-electron chi connectivity index (χ2n) is 7.68. The Balaban J connectivity index is 1.24. The Labute approximate surface area is 194 Å². The van der Waals surface area contributed by atoms with Gasteiger partial charge in [-0.25, -0.2) is 14.3 Å². The lowest BCUT2D eigenvalue weighted by Crippen LogP contribution is -2.36. The second kappa shape index (κ2) is 10.1. The summed E-state index contributed by atoms with van der Waals surface area (Å²) in [6.07, 6.45) is -0.926. The minimum Gasteiger partial charge on any atom is -0.479 e. The molecule has 2 amide bonds. The van der Waals surface area contributed by atoms with Gasteiger partial charge >= 0.3 is 12.1 Å². The Morgan fingerprint density at radius 1 is 1.03 bits per heavy atom. The van der Waals surface area contributed by atoms with Crippen LogP contribution in [0.4, 0.5) is 4.79 Å². The van der Waals surface area contributed by atoms with Crippen molar-refractivity contribution in [3.8, 4) is 11.1 Å². The van der Waals surface area contributed by atoms with E-state index in [1.165, 1.54) is 10.9 Å². The predicted molar refractivity (Wildman–Crippen MR) is 119 cm³/mol. The van der Waals surface area contributed by atoms with Gasteiger partial charge in [0, 0.05) is 12.5 Å². The first kappa shape index (κ1) is 22.9. The maximum Gasteiger partial charge on any atom is 0.407 e. The summed E-state index contributed by atoms with van der Waals surface area (Å²) in [6.45, 7) is 0.182. The number of ether oxygens (including phenoxy) is 1. The fraction of sp³-hybridized carbons (Fsp3) is 0.261. The SMILES string of the molecule is O=C(NCCn1cc(C(=O)NC[C@H](O)C(=O)O)nn1)OCC1c2ccccc2-c2ccccc21. The number of rotatable bonds is 9. The number of amides is 2. The Hall–Kier alpha value is -4.25. The fourth-order valence-electron chi connectivity index (χ4n) is 3.80. The van der Waals surface area contributed by atoms with E-state index in [9.17, 15) is 19.5 Å². The molecule has 176 valence electrons. The first-order valence-electron chi connectivity index (χ1n) is 10.6. The van der Waals surface area contributed by atoms with E-state index in [4.69, 9.17) is 9.84 Å². The zero-order valence-corrected chi connectivity index (χ0v) is 18.0. The lowest BCUT2D eigenvalue weighted by molar-refractivity contribution is -0.146. The summed E-state index contributed by atoms with van der Waals surface area (Å²) in [5.74, 6) is -2.14. The third-order valence-corrected chi connectivity index (χ3v) is 5.47. The number of aliphatic hydroxyl groups excluding tert-OH is 1. The molecular weight excluding hydrogens is 442 g/mol. The fourth-order valence-corrected chi connectivity index (χ4v) is 3.80. The molecule has 11 heteroatoms. The van der Waals surface area contributed by atoms with Crippen LogP contribution in [-0.2, 0) is 16.1 Å². The molecule has 0 bridgehead atoms. The van der Waals surface area contributed by atoms with Crippen LogP contribution in [-0.4, -0.2) is 69.0 Å². The van der Waals surface area contributed by atoms with Crippen molar-refractivity contribution in [3.05, 3.63) is 71.5 Å². The molecule has 0 spiro atoms. The van der Waals surface area contributed by atoms with Crippen molar-refractivity contribution in [2.45, 2.75) is 18.6 Å². The summed E-state index contributed by atoms with van der Waals surface area (Å²) in [4.78, 5) is 34.7. The molecule has 1 aliphatic rings. The van der Waals surface area contributed by atoms with E-state index in [0.717, 1.165) is 22.3 Å². The summed E-state index contributed by atoms with van der Waals surface area (Å²) in [5.41, 5.74) is 4.51. The molecule has 0 saturated heterocycles. The summed E-state index contributed by atoms with van der Waals surface area (Å²) >= 11 is 0. The highest BCUT2D eigenvalue weighted by Gasteiger charge is 2.29. The Morgan fingerprint density at radius 2 is 1.68 bits per heavy atom. The standard InChI is InChI=1S/C23H23N5O6/c29-20(22(31)32)11-25-21(30)19-12-28(27-26-19)10-9-24-23(33)34-13-18-16-7-3-1-5-14(16)15-6-2-4-8-17(15)18/h1-8,12,18,20,29H,9-11,13H2,(H,24,33)(H,25,30)(H,31,32)/t20-/m0/s1. The van der Waals surface area contributed by atoms with Crippen molar-refractivity contribution < 1.29 is 29.3 Å². The number of hydrogen-bond acceptors (Lipinski definition) is 7. The maximum absolute atomic E-state index is 12.2. The van der Waals surface area contributed by atoms with Gasteiger partial charge in [-0.05, 0) is 22.3 Å². The van der Waals surface area contributed by atoms with E-state index in [-0.39, 0.29) is 31.3 Å². The van der Waals surface area contributed by atoms with Crippen molar-refractivity contribution in [3.63, 3.8) is 0 Å². The molecule has 0 fully saturated rings. The number of benzene rings is 2. The van der Waals surface area contributed by atoms with E-state index in [2.05, 4.69) is 33.1 Å². The van der Waals surface area contributed by atoms with Gasteiger partial charge < -0.3 is 25.6 Å². The number of carbonyl (C=O) groups is 3. The molecule has 4 rings (SSSR count). The molecule has 4 N–H and O–H groups in total. The van der Waals surface area contributed by atoms with Crippen LogP contribution in [0.2, 0.25) is 0 Å². The Bertz CT molecular complexity index is 1160. The zero-order valence-electron chi connectivity index (χ0n) is 18.0. The van der Waals surface area contributed by atoms with Gasteiger partial charge in [-0.15, -0.1) is 5.10 Å². The molecule has 3 aromatic rings. The van der Waals surface area contributed by atoms with Gasteiger partial charge in [-0.1, -0.05) is 53.7 Å². The van der Waals surface area contributed by atoms with Gasteiger partial charge in [-0.3, -0.25) is 4.79 Å². The second-order valence-corrected chi connectivity index (χ2v) is 7.68. The third kappa shape index (κ3) is 5.04. The normalized spacial score (nSPS) is 13.0. The lowest BCUT2D eigenvalue weighted by Gasteiger charge is -2.14. The highest BCUT2D eigenvalue weighted by Crippen LogP contribution is 2.44. The minimum absolute atomic E-state index is 0.0332. The number of aromatic nitrogens is 3. The highest BCUT2D eigenvalue weighted by atomic mass is 16.5. The van der Waals surface area contributed by atoms with E-state index < -0.39 is 30.6 Å². The van der Waals surface area contributed by atoms with E-state index >= 15 is 0 Å². The van der Waals surface area contributed by atoms with Crippen LogP contribution in [0.3, 0.4) is 0 Å². The van der Waals surface area contributed by atoms with Crippen LogP contribution in [0.15, 0.2) is 54.7 Å². The van der Waals surface area contributed by atoms with Crippen LogP contribution < -0.4 is 10.6 Å². The van der Waals surface area contributed by atoms with Gasteiger partial charge in [0.2, 0.25) is 0 Å². The van der Waals surface area contributed by atoms with Gasteiger partial charge in [0.15, 0.2) is 11.8 Å². The number of carboxylic acids is 1. The first-order chi connectivity index (χ1) is 16.4. The molecular formula is C23H23N5O6. The number of aliphatic carboxylic acids is 1. The van der Waals surface area contributed by atoms with Crippen LogP contribution in [0.1, 0.15) is 27.5 Å². The number of hydrogen-bond donors (Lipinski definition) is 4. The van der Waals surface area contributed by atoms with Gasteiger partial charge in [0.25, 0.3) is 5.91 Å². The van der Waals surface area contributed by atoms with Crippen molar-refractivity contribution >= 4 is 18.0 Å². The quantitative estimate of drug-likeness (QED) is 0.365. The third-order valence-electron chi connectivity index (χ3n) is 5.47. The molecule has 0 radical (unpaired) electrons. The number of alkyl carbamates (subject to hydrolysis) is 1. The molecule has 0 saturated carbocycles. The summed E-state index contributed by atoms with van der Waals surface area (Å²) in [5, 5.41) is 30.2. The van der Waals surface area contributed by atoms with Crippen molar-refractivity contribution in [2.24, 2.45) is 0 Å². The smallest absolute Gasteiger partial charge is 0.407 e. The average Bonchev–Trinajstić information content (AvgIpc) is 3.44. The number of carbonyl (C=O) groups excluding carboxylic acids is 2. The topological polar surface area (TPSA) is 156 Å². The largest absolute Gasteiger partial charge is 0.479 e. The number of aliphatic hydroxyl groups is 1. The number of nitrogens with zero attached hydrogens (tertiary/aromatic N) is 3. The molecule has 1 atom stereocenters. The van der Waals surface area contributed by atoms with Crippen molar-refractivity contribution in [1.29, 1.82) is 0 Å².